The number of hydrogen-bond acceptors (Lipinski definition) is 6. The lowest BCUT2D eigenvalue weighted by Crippen LogP contribution is -2.09. The van der Waals surface area contributed by atoms with Crippen LogP contribution in [0.5, 0.6) is 0 Å². The Morgan fingerprint density at radius 1 is 1.36 bits per heavy atom. The number of nitro groups is 1. The smallest absolute Gasteiger partial charge is 0.312 e. The average molecular weight is 365 g/mol. The Kier molecular flexibility index (Phi) is 4.62. The number of nitrogens with zero attached hydrogens (tertiary/aromatic N) is 2. The maximum absolute atomic E-state index is 12.0. The number of benzene rings is 1. The molecular formula is C14H9BrN2O5. The van der Waals surface area contributed by atoms with Crippen LogP contribution in [0, 0.1) is 10.1 Å². The third-order valence-electron chi connectivity index (χ3n) is 2.79. The van der Waals surface area contributed by atoms with Gasteiger partial charge in [-0.3, -0.25) is 14.9 Å². The van der Waals surface area contributed by atoms with Crippen LogP contribution in [0.25, 0.3) is 0 Å². The summed E-state index contributed by atoms with van der Waals surface area (Å²) in [6.07, 6.45) is 4.08. The zero-order chi connectivity index (χ0) is 16.3. The first-order valence-corrected chi connectivity index (χ1v) is 6.82. The van der Waals surface area contributed by atoms with Gasteiger partial charge in [0.25, 0.3) is 5.69 Å². The van der Waals surface area contributed by atoms with E-state index in [2.05, 4.69) is 21.1 Å². The summed E-state index contributed by atoms with van der Waals surface area (Å²) in [6, 6.07) is 4.01. The van der Waals surface area contributed by atoms with Crippen molar-refractivity contribution in [2.75, 3.05) is 0 Å². The van der Waals surface area contributed by atoms with Crippen LogP contribution in [0.4, 0.5) is 5.69 Å². The van der Waals surface area contributed by atoms with Gasteiger partial charge >= 0.3 is 5.97 Å². The van der Waals surface area contributed by atoms with Crippen molar-refractivity contribution in [3.8, 4) is 0 Å². The van der Waals surface area contributed by atoms with Gasteiger partial charge in [0.2, 0.25) is 0 Å². The second-order valence-corrected chi connectivity index (χ2v) is 5.11. The van der Waals surface area contributed by atoms with Crippen LogP contribution in [-0.2, 0) is 9.63 Å². The molecule has 0 fully saturated rings. The lowest BCUT2D eigenvalue weighted by molar-refractivity contribution is -0.385. The third-order valence-corrected chi connectivity index (χ3v) is 3.62. The Balaban J connectivity index is 2.22. The Morgan fingerprint density at radius 3 is 2.73 bits per heavy atom. The predicted octanol–water partition coefficient (Wildman–Crippen LogP) is 2.96. The minimum Gasteiger partial charge on any atom is -0.312 e. The monoisotopic (exact) mass is 364 g/mol. The van der Waals surface area contributed by atoms with E-state index in [1.807, 2.05) is 0 Å². The van der Waals surface area contributed by atoms with Gasteiger partial charge in [-0.2, -0.15) is 0 Å². The van der Waals surface area contributed by atoms with E-state index in [0.717, 1.165) is 0 Å². The molecule has 1 aromatic rings. The van der Waals surface area contributed by atoms with Crippen LogP contribution in [-0.4, -0.2) is 22.4 Å². The molecule has 22 heavy (non-hydrogen) atoms. The molecule has 0 atom stereocenters. The van der Waals surface area contributed by atoms with Gasteiger partial charge in [0.05, 0.1) is 10.5 Å². The fourth-order valence-electron chi connectivity index (χ4n) is 1.69. The van der Waals surface area contributed by atoms with E-state index < -0.39 is 10.9 Å². The SMILES string of the molecule is CC1=CC(=O)C=C/C1=N/OC(=O)c1cccc([N+](=O)[O-])c1Br. The predicted molar refractivity (Wildman–Crippen MR) is 81.6 cm³/mol. The fourth-order valence-corrected chi connectivity index (χ4v) is 2.26. The van der Waals surface area contributed by atoms with E-state index in [4.69, 9.17) is 4.84 Å². The zero-order valence-corrected chi connectivity index (χ0v) is 12.9. The molecule has 1 aliphatic rings. The molecular weight excluding hydrogens is 356 g/mol. The van der Waals surface area contributed by atoms with Crippen LogP contribution in [0.15, 0.2) is 51.6 Å². The molecule has 0 amide bonds. The van der Waals surface area contributed by atoms with E-state index in [0.29, 0.717) is 11.3 Å². The summed E-state index contributed by atoms with van der Waals surface area (Å²) in [4.78, 5) is 38.1. The highest BCUT2D eigenvalue weighted by atomic mass is 79.9. The number of halogens is 1. The molecule has 0 saturated heterocycles. The van der Waals surface area contributed by atoms with Crippen molar-refractivity contribution in [1.29, 1.82) is 0 Å². The van der Waals surface area contributed by atoms with Gasteiger partial charge < -0.3 is 4.84 Å². The number of rotatable bonds is 3. The molecule has 1 aromatic carbocycles. The summed E-state index contributed by atoms with van der Waals surface area (Å²) in [7, 11) is 0. The van der Waals surface area contributed by atoms with E-state index >= 15 is 0 Å². The number of ketones is 1. The van der Waals surface area contributed by atoms with E-state index in [1.54, 1.807) is 6.92 Å². The standard InChI is InChI=1S/C14H9BrN2O5/c1-8-7-9(18)5-6-11(8)16-22-14(19)10-3-2-4-12(13(10)15)17(20)21/h2-7H,1H3/b16-11-. The van der Waals surface area contributed by atoms with Gasteiger partial charge in [0.1, 0.15) is 10.2 Å². The van der Waals surface area contributed by atoms with E-state index in [-0.39, 0.29) is 21.5 Å². The molecule has 2 rings (SSSR count). The molecule has 0 N–H and O–H groups in total. The summed E-state index contributed by atoms with van der Waals surface area (Å²) >= 11 is 3.01. The number of hydrogen-bond donors (Lipinski definition) is 0. The lowest BCUT2D eigenvalue weighted by Gasteiger charge is -2.06. The molecule has 7 nitrogen and oxygen atoms in total. The lowest BCUT2D eigenvalue weighted by atomic mass is 10.1. The largest absolute Gasteiger partial charge is 0.367 e. The first-order valence-electron chi connectivity index (χ1n) is 6.03. The molecule has 0 aromatic heterocycles. The Bertz CT molecular complexity index is 764. The van der Waals surface area contributed by atoms with Crippen LogP contribution in [0.3, 0.4) is 0 Å². The molecule has 8 heteroatoms. The molecule has 0 bridgehead atoms. The van der Waals surface area contributed by atoms with Gasteiger partial charge in [-0.15, -0.1) is 0 Å². The van der Waals surface area contributed by atoms with Crippen LogP contribution in [0.2, 0.25) is 0 Å². The van der Waals surface area contributed by atoms with Crippen molar-refractivity contribution in [1.82, 2.24) is 0 Å². The minimum atomic E-state index is -0.846. The molecule has 112 valence electrons. The first kappa shape index (κ1) is 15.8. The second-order valence-electron chi connectivity index (χ2n) is 4.31. The molecule has 0 radical (unpaired) electrons. The zero-order valence-electron chi connectivity index (χ0n) is 11.3. The number of carbonyl (C=O) groups is 2. The van der Waals surface area contributed by atoms with Crippen LogP contribution in [0.1, 0.15) is 17.3 Å². The Morgan fingerprint density at radius 2 is 2.09 bits per heavy atom. The van der Waals surface area contributed by atoms with Crippen molar-refractivity contribution in [3.05, 3.63) is 62.2 Å². The minimum absolute atomic E-state index is 0.0175. The van der Waals surface area contributed by atoms with Gasteiger partial charge in [-0.25, -0.2) is 4.79 Å². The summed E-state index contributed by atoms with van der Waals surface area (Å²) in [6.45, 7) is 1.65. The van der Waals surface area contributed by atoms with Crippen LogP contribution < -0.4 is 0 Å². The maximum Gasteiger partial charge on any atom is 0.367 e. The van der Waals surface area contributed by atoms with Crippen molar-refractivity contribution >= 4 is 39.1 Å². The molecule has 0 aliphatic heterocycles. The quantitative estimate of drug-likeness (QED) is 0.355. The maximum atomic E-state index is 12.0. The number of oxime groups is 1. The van der Waals surface area contributed by atoms with Gasteiger partial charge in [0, 0.05) is 6.07 Å². The highest BCUT2D eigenvalue weighted by Gasteiger charge is 2.21. The van der Waals surface area contributed by atoms with Gasteiger partial charge in [-0.1, -0.05) is 11.2 Å². The molecule has 0 saturated carbocycles. The van der Waals surface area contributed by atoms with Crippen molar-refractivity contribution in [2.45, 2.75) is 6.92 Å². The van der Waals surface area contributed by atoms with Crippen molar-refractivity contribution in [2.24, 2.45) is 5.16 Å². The first-order chi connectivity index (χ1) is 10.4. The summed E-state index contributed by atoms with van der Waals surface area (Å²) in [5.74, 6) is -1.02. The normalized spacial score (nSPS) is 15.6. The van der Waals surface area contributed by atoms with Crippen LogP contribution >= 0.6 is 15.9 Å². The second kappa shape index (κ2) is 6.44. The average Bonchev–Trinajstić information content (AvgIpc) is 2.46. The molecule has 0 spiro atoms. The molecule has 0 unspecified atom stereocenters. The third kappa shape index (κ3) is 3.34. The topological polar surface area (TPSA) is 98.9 Å². The summed E-state index contributed by atoms with van der Waals surface area (Å²) in [5.41, 5.74) is 0.616. The van der Waals surface area contributed by atoms with Gasteiger partial charge in [0.15, 0.2) is 5.78 Å². The summed E-state index contributed by atoms with van der Waals surface area (Å²) in [5, 5.41) is 14.5. The number of carbonyl (C=O) groups excluding carboxylic acids is 2. The van der Waals surface area contributed by atoms with Gasteiger partial charge in [-0.05, 0) is 52.7 Å². The summed E-state index contributed by atoms with van der Waals surface area (Å²) < 4.78 is 0.0202. The number of nitro benzene ring substituents is 1. The van der Waals surface area contributed by atoms with Crippen molar-refractivity contribution in [3.63, 3.8) is 0 Å². The Hall–Kier alpha value is -2.61. The highest BCUT2D eigenvalue weighted by molar-refractivity contribution is 9.10. The van der Waals surface area contributed by atoms with E-state index in [9.17, 15) is 19.7 Å². The van der Waals surface area contributed by atoms with Crippen molar-refractivity contribution < 1.29 is 19.3 Å². The number of allylic oxidation sites excluding steroid dienone is 4. The molecule has 1 aliphatic carbocycles. The highest BCUT2D eigenvalue weighted by Crippen LogP contribution is 2.28. The molecule has 0 heterocycles. The fraction of sp³-hybridized carbons (Fsp3) is 0.0714. The van der Waals surface area contributed by atoms with E-state index in [1.165, 1.54) is 36.4 Å². The Labute approximate surface area is 133 Å².